The molecular formula is C12H15ClN4. The van der Waals surface area contributed by atoms with Crippen molar-refractivity contribution in [1.82, 2.24) is 9.88 Å². The number of nitrogens with one attached hydrogen (secondary N) is 1. The molecule has 1 N–H and O–H groups in total. The van der Waals surface area contributed by atoms with E-state index >= 15 is 0 Å². The number of rotatable bonds is 3. The first-order chi connectivity index (χ1) is 8.29. The predicted octanol–water partition coefficient (Wildman–Crippen LogP) is 2.13. The van der Waals surface area contributed by atoms with Crippen molar-refractivity contribution in [1.29, 1.82) is 5.26 Å². The second-order valence-corrected chi connectivity index (χ2v) is 4.62. The van der Waals surface area contributed by atoms with E-state index in [1.807, 2.05) is 6.07 Å². The summed E-state index contributed by atoms with van der Waals surface area (Å²) in [6.45, 7) is 2.46. The average Bonchev–Trinajstić information content (AvgIpc) is 2.35. The van der Waals surface area contributed by atoms with Crippen LogP contribution in [0.5, 0.6) is 0 Å². The maximum absolute atomic E-state index is 8.62. The van der Waals surface area contributed by atoms with Crippen LogP contribution in [0.1, 0.15) is 12.8 Å². The van der Waals surface area contributed by atoms with E-state index in [1.54, 1.807) is 12.4 Å². The third-order valence-corrected chi connectivity index (χ3v) is 3.32. The average molecular weight is 251 g/mol. The molecule has 2 heterocycles. The summed E-state index contributed by atoms with van der Waals surface area (Å²) in [6, 6.07) is 4.52. The molecule has 0 atom stereocenters. The van der Waals surface area contributed by atoms with Crippen molar-refractivity contribution >= 4 is 17.3 Å². The van der Waals surface area contributed by atoms with Gasteiger partial charge < -0.3 is 5.32 Å². The van der Waals surface area contributed by atoms with E-state index < -0.39 is 0 Å². The van der Waals surface area contributed by atoms with Gasteiger partial charge in [-0.2, -0.15) is 5.26 Å². The van der Waals surface area contributed by atoms with Crippen LogP contribution in [0, 0.1) is 11.3 Å². The number of aromatic nitrogens is 1. The molecule has 0 saturated carbocycles. The van der Waals surface area contributed by atoms with E-state index in [1.165, 1.54) is 0 Å². The van der Waals surface area contributed by atoms with Gasteiger partial charge in [0.05, 0.1) is 23.3 Å². The van der Waals surface area contributed by atoms with Crippen LogP contribution in [-0.4, -0.2) is 35.6 Å². The second-order valence-electron chi connectivity index (χ2n) is 4.21. The van der Waals surface area contributed by atoms with Gasteiger partial charge in [-0.1, -0.05) is 11.6 Å². The molecule has 0 radical (unpaired) electrons. The van der Waals surface area contributed by atoms with Crippen molar-refractivity contribution in [3.8, 4) is 6.07 Å². The Morgan fingerprint density at radius 2 is 2.29 bits per heavy atom. The van der Waals surface area contributed by atoms with Crippen LogP contribution in [0.15, 0.2) is 18.5 Å². The van der Waals surface area contributed by atoms with Crippen LogP contribution in [0.3, 0.4) is 0 Å². The van der Waals surface area contributed by atoms with Gasteiger partial charge in [-0.25, -0.2) is 0 Å². The fourth-order valence-corrected chi connectivity index (χ4v) is 2.22. The van der Waals surface area contributed by atoms with Crippen LogP contribution >= 0.6 is 11.6 Å². The summed E-state index contributed by atoms with van der Waals surface area (Å²) in [5.74, 6) is 0. The smallest absolute Gasteiger partial charge is 0.0866 e. The van der Waals surface area contributed by atoms with E-state index in [0.717, 1.165) is 31.6 Å². The lowest BCUT2D eigenvalue weighted by molar-refractivity contribution is 0.242. The molecule has 1 aliphatic heterocycles. The summed E-state index contributed by atoms with van der Waals surface area (Å²) < 4.78 is 0. The highest BCUT2D eigenvalue weighted by Gasteiger charge is 2.19. The predicted molar refractivity (Wildman–Crippen MR) is 67.9 cm³/mol. The van der Waals surface area contributed by atoms with E-state index in [9.17, 15) is 0 Å². The number of piperidine rings is 1. The number of nitriles is 1. The molecule has 5 heteroatoms. The molecule has 1 aliphatic rings. The zero-order valence-corrected chi connectivity index (χ0v) is 10.3. The van der Waals surface area contributed by atoms with Crippen LogP contribution in [0.4, 0.5) is 5.69 Å². The molecule has 1 saturated heterocycles. The number of nitrogens with zero attached hydrogens (tertiary/aromatic N) is 3. The third kappa shape index (κ3) is 3.32. The highest BCUT2D eigenvalue weighted by Crippen LogP contribution is 2.22. The molecular weight excluding hydrogens is 236 g/mol. The fraction of sp³-hybridized carbons (Fsp3) is 0.500. The van der Waals surface area contributed by atoms with Crippen molar-refractivity contribution in [3.63, 3.8) is 0 Å². The van der Waals surface area contributed by atoms with Gasteiger partial charge in [0.25, 0.3) is 0 Å². The summed E-state index contributed by atoms with van der Waals surface area (Å²) in [4.78, 5) is 6.13. The number of likely N-dealkylation sites (tertiary alicyclic amines) is 1. The lowest BCUT2D eigenvalue weighted by Gasteiger charge is -2.31. The van der Waals surface area contributed by atoms with E-state index in [0.29, 0.717) is 17.6 Å². The summed E-state index contributed by atoms with van der Waals surface area (Å²) in [7, 11) is 0. The van der Waals surface area contributed by atoms with Gasteiger partial charge in [0.15, 0.2) is 0 Å². The van der Waals surface area contributed by atoms with Gasteiger partial charge >= 0.3 is 0 Å². The number of hydrogen-bond donors (Lipinski definition) is 1. The Balaban J connectivity index is 1.86. The molecule has 0 bridgehead atoms. The third-order valence-electron chi connectivity index (χ3n) is 3.01. The lowest BCUT2D eigenvalue weighted by atomic mass is 10.0. The molecule has 90 valence electrons. The summed E-state index contributed by atoms with van der Waals surface area (Å²) >= 11 is 6.04. The van der Waals surface area contributed by atoms with Crippen molar-refractivity contribution in [3.05, 3.63) is 23.5 Å². The summed E-state index contributed by atoms with van der Waals surface area (Å²) in [5, 5.41) is 12.7. The minimum Gasteiger partial charge on any atom is -0.381 e. The number of anilines is 1. The van der Waals surface area contributed by atoms with Crippen LogP contribution in [0.2, 0.25) is 5.02 Å². The monoisotopic (exact) mass is 250 g/mol. The Morgan fingerprint density at radius 3 is 2.94 bits per heavy atom. The first kappa shape index (κ1) is 12.2. The van der Waals surface area contributed by atoms with Gasteiger partial charge in [0.2, 0.25) is 0 Å². The highest BCUT2D eigenvalue weighted by atomic mass is 35.5. The highest BCUT2D eigenvalue weighted by molar-refractivity contribution is 6.33. The van der Waals surface area contributed by atoms with E-state index in [-0.39, 0.29) is 0 Å². The van der Waals surface area contributed by atoms with Gasteiger partial charge in [-0.3, -0.25) is 9.88 Å². The zero-order chi connectivity index (χ0) is 12.1. The normalized spacial score (nSPS) is 17.6. The summed E-state index contributed by atoms with van der Waals surface area (Å²) in [6.07, 6.45) is 5.47. The zero-order valence-electron chi connectivity index (χ0n) is 9.56. The van der Waals surface area contributed by atoms with Gasteiger partial charge in [0, 0.05) is 31.5 Å². The number of pyridine rings is 1. The molecule has 2 rings (SSSR count). The lowest BCUT2D eigenvalue weighted by Crippen LogP contribution is -2.39. The number of halogens is 1. The maximum atomic E-state index is 8.62. The maximum Gasteiger partial charge on any atom is 0.0866 e. The molecule has 0 aromatic carbocycles. The van der Waals surface area contributed by atoms with Gasteiger partial charge in [-0.05, 0) is 18.9 Å². The number of hydrogen-bond acceptors (Lipinski definition) is 4. The molecule has 1 aromatic heterocycles. The van der Waals surface area contributed by atoms with Gasteiger partial charge in [-0.15, -0.1) is 0 Å². The van der Waals surface area contributed by atoms with Crippen LogP contribution in [-0.2, 0) is 0 Å². The Hall–Kier alpha value is -1.31. The fourth-order valence-electron chi connectivity index (χ4n) is 2.05. The molecule has 1 fully saturated rings. The van der Waals surface area contributed by atoms with E-state index in [4.69, 9.17) is 16.9 Å². The Kier molecular flexibility index (Phi) is 4.18. The topological polar surface area (TPSA) is 52.0 Å². The second kappa shape index (κ2) is 5.85. The van der Waals surface area contributed by atoms with E-state index in [2.05, 4.69) is 21.3 Å². The van der Waals surface area contributed by atoms with Crippen molar-refractivity contribution in [2.45, 2.75) is 18.9 Å². The Bertz CT molecular complexity index is 407. The van der Waals surface area contributed by atoms with Crippen molar-refractivity contribution < 1.29 is 0 Å². The largest absolute Gasteiger partial charge is 0.381 e. The molecule has 0 spiro atoms. The summed E-state index contributed by atoms with van der Waals surface area (Å²) in [5.41, 5.74) is 0.945. The molecule has 0 aliphatic carbocycles. The molecule has 1 aromatic rings. The molecule has 0 unspecified atom stereocenters. The molecule has 17 heavy (non-hydrogen) atoms. The molecule has 4 nitrogen and oxygen atoms in total. The van der Waals surface area contributed by atoms with Crippen LogP contribution < -0.4 is 5.32 Å². The SMILES string of the molecule is N#CCN1CCC(Nc2ccncc2Cl)CC1. The first-order valence-corrected chi connectivity index (χ1v) is 6.13. The molecule has 0 amide bonds. The minimum absolute atomic E-state index is 0.435. The van der Waals surface area contributed by atoms with Crippen molar-refractivity contribution in [2.24, 2.45) is 0 Å². The van der Waals surface area contributed by atoms with Crippen molar-refractivity contribution in [2.75, 3.05) is 25.0 Å². The Morgan fingerprint density at radius 1 is 1.53 bits per heavy atom. The van der Waals surface area contributed by atoms with Crippen LogP contribution in [0.25, 0.3) is 0 Å². The Labute approximate surface area is 106 Å². The minimum atomic E-state index is 0.435. The van der Waals surface area contributed by atoms with Gasteiger partial charge in [0.1, 0.15) is 0 Å². The quantitative estimate of drug-likeness (QED) is 0.835. The standard InChI is InChI=1S/C12H15ClN4/c13-11-9-15-5-1-12(11)16-10-2-6-17(7-3-10)8-4-14/h1,5,9-10H,2-3,6-8H2,(H,15,16). The first-order valence-electron chi connectivity index (χ1n) is 5.75.